The van der Waals surface area contributed by atoms with Gasteiger partial charge in [-0.15, -0.1) is 0 Å². The normalized spacial score (nSPS) is 31.7. The molecular formula is C19H22N5OS+. The number of pyridine rings is 1. The monoisotopic (exact) mass is 368 g/mol. The van der Waals surface area contributed by atoms with Crippen LogP contribution in [0, 0.1) is 5.92 Å². The summed E-state index contributed by atoms with van der Waals surface area (Å²) in [6.45, 7) is 1.82. The van der Waals surface area contributed by atoms with Crippen LogP contribution in [0.15, 0.2) is 29.3 Å². The van der Waals surface area contributed by atoms with Crippen LogP contribution in [0.1, 0.15) is 36.6 Å². The van der Waals surface area contributed by atoms with Gasteiger partial charge in [0.15, 0.2) is 22.7 Å². The molecule has 2 aromatic rings. The predicted molar refractivity (Wildman–Crippen MR) is 102 cm³/mol. The van der Waals surface area contributed by atoms with Crippen LogP contribution >= 0.6 is 0 Å². The van der Waals surface area contributed by atoms with Gasteiger partial charge in [-0.1, -0.05) is 6.07 Å². The fourth-order valence-electron chi connectivity index (χ4n) is 4.75. The van der Waals surface area contributed by atoms with Crippen LogP contribution in [0.5, 0.6) is 0 Å². The summed E-state index contributed by atoms with van der Waals surface area (Å²) in [7, 11) is 0. The van der Waals surface area contributed by atoms with Crippen molar-refractivity contribution < 1.29 is 4.55 Å². The topological polar surface area (TPSA) is 74.2 Å². The van der Waals surface area contributed by atoms with E-state index in [0.29, 0.717) is 5.92 Å². The Bertz CT molecular complexity index is 853. The van der Waals surface area contributed by atoms with Gasteiger partial charge in [0.05, 0.1) is 0 Å². The number of aromatic nitrogens is 3. The second-order valence-corrected chi connectivity index (χ2v) is 9.75. The van der Waals surface area contributed by atoms with Crippen molar-refractivity contribution >= 4 is 22.9 Å². The predicted octanol–water partition coefficient (Wildman–Crippen LogP) is 2.45. The minimum atomic E-state index is -0.713. The molecule has 7 rings (SSSR count). The summed E-state index contributed by atoms with van der Waals surface area (Å²) in [6.07, 6.45) is 6.48. The maximum Gasteiger partial charge on any atom is 0.253 e. The summed E-state index contributed by atoms with van der Waals surface area (Å²) >= 11 is -0.713. The third-order valence-electron chi connectivity index (χ3n) is 6.38. The molecule has 0 amide bonds. The molecule has 6 nitrogen and oxygen atoms in total. The molecule has 7 heteroatoms. The Morgan fingerprint density at radius 1 is 1.19 bits per heavy atom. The van der Waals surface area contributed by atoms with Crippen molar-refractivity contribution in [2.75, 3.05) is 29.1 Å². The molecule has 3 aliphatic carbocycles. The van der Waals surface area contributed by atoms with Gasteiger partial charge in [-0.05, 0) is 37.3 Å². The van der Waals surface area contributed by atoms with Crippen molar-refractivity contribution in [3.8, 4) is 0 Å². The van der Waals surface area contributed by atoms with Crippen LogP contribution in [-0.2, 0) is 17.6 Å². The quantitative estimate of drug-likeness (QED) is 0.808. The molecule has 134 valence electrons. The number of fused-ring (bicyclic) bond motifs is 1. The van der Waals surface area contributed by atoms with Gasteiger partial charge in [-0.3, -0.25) is 4.98 Å². The highest BCUT2D eigenvalue weighted by atomic mass is 32.2. The van der Waals surface area contributed by atoms with Crippen molar-refractivity contribution in [2.45, 2.75) is 42.0 Å². The maximum atomic E-state index is 10.4. The van der Waals surface area contributed by atoms with Crippen LogP contribution in [0.2, 0.25) is 0 Å². The van der Waals surface area contributed by atoms with Gasteiger partial charge >= 0.3 is 0 Å². The molecule has 0 aromatic carbocycles. The van der Waals surface area contributed by atoms with E-state index in [1.807, 2.05) is 18.3 Å². The summed E-state index contributed by atoms with van der Waals surface area (Å²) in [5.74, 6) is 3.86. The zero-order chi connectivity index (χ0) is 17.3. The van der Waals surface area contributed by atoms with E-state index in [1.54, 1.807) is 0 Å². The Kier molecular flexibility index (Phi) is 3.12. The zero-order valence-electron chi connectivity index (χ0n) is 14.6. The minimum absolute atomic E-state index is 0.252. The Hall–Kier alpha value is -1.86. The highest BCUT2D eigenvalue weighted by Gasteiger charge is 2.57. The molecule has 2 N–H and O–H groups in total. The van der Waals surface area contributed by atoms with Gasteiger partial charge in [-0.25, -0.2) is 4.98 Å². The molecule has 4 fully saturated rings. The lowest BCUT2D eigenvalue weighted by atomic mass is 9.50. The van der Waals surface area contributed by atoms with E-state index in [2.05, 4.69) is 21.3 Å². The van der Waals surface area contributed by atoms with Crippen LogP contribution in [0.25, 0.3) is 0 Å². The van der Waals surface area contributed by atoms with E-state index in [1.165, 1.54) is 19.3 Å². The van der Waals surface area contributed by atoms with Gasteiger partial charge < -0.3 is 10.2 Å². The van der Waals surface area contributed by atoms with Crippen molar-refractivity contribution in [2.24, 2.45) is 5.92 Å². The molecule has 2 bridgehead atoms. The first-order chi connectivity index (χ1) is 12.7. The fourth-order valence-corrected chi connectivity index (χ4v) is 6.08. The SMILES string of the molecule is O[S+]1CCc2nc(N3CC(c4ccccn4)C3)nc(NC34CC(C3)C4)c21. The summed E-state index contributed by atoms with van der Waals surface area (Å²) in [5, 5.41) is 3.69. The van der Waals surface area contributed by atoms with Gasteiger partial charge in [0.2, 0.25) is 5.95 Å². The number of rotatable bonds is 4. The molecular weight excluding hydrogens is 346 g/mol. The minimum Gasteiger partial charge on any atom is -0.360 e. The summed E-state index contributed by atoms with van der Waals surface area (Å²) < 4.78 is 10.4. The molecule has 4 heterocycles. The molecule has 3 saturated carbocycles. The summed E-state index contributed by atoms with van der Waals surface area (Å²) in [4.78, 5) is 17.4. The molecule has 2 aliphatic heterocycles. The van der Waals surface area contributed by atoms with Gasteiger partial charge in [0, 0.05) is 42.9 Å². The van der Waals surface area contributed by atoms with E-state index < -0.39 is 11.2 Å². The van der Waals surface area contributed by atoms with Crippen LogP contribution in [0.3, 0.4) is 0 Å². The van der Waals surface area contributed by atoms with E-state index in [9.17, 15) is 4.55 Å². The Morgan fingerprint density at radius 3 is 2.73 bits per heavy atom. The van der Waals surface area contributed by atoms with Crippen molar-refractivity contribution in [3.05, 3.63) is 35.8 Å². The molecule has 5 aliphatic rings. The molecule has 26 heavy (non-hydrogen) atoms. The molecule has 1 saturated heterocycles. The summed E-state index contributed by atoms with van der Waals surface area (Å²) in [5.41, 5.74) is 2.44. The van der Waals surface area contributed by atoms with Gasteiger partial charge in [-0.2, -0.15) is 9.54 Å². The number of hydrogen-bond donors (Lipinski definition) is 2. The smallest absolute Gasteiger partial charge is 0.253 e. The van der Waals surface area contributed by atoms with Gasteiger partial charge in [0.1, 0.15) is 5.69 Å². The van der Waals surface area contributed by atoms with Crippen molar-refractivity contribution in [1.82, 2.24) is 15.0 Å². The number of nitrogens with zero attached hydrogens (tertiary/aromatic N) is 4. The zero-order valence-corrected chi connectivity index (χ0v) is 15.4. The van der Waals surface area contributed by atoms with Crippen LogP contribution in [-0.4, -0.2) is 43.9 Å². The third kappa shape index (κ3) is 2.19. The van der Waals surface area contributed by atoms with E-state index in [-0.39, 0.29) is 5.54 Å². The number of aryl methyl sites for hydroxylation is 1. The standard InChI is InChI=1S/C19H22N5OS/c25-26-6-4-15-16(26)17(23-19-7-12(8-19)9-19)22-18(21-15)24-10-13(11-24)14-3-1-2-5-20-14/h1-3,5,12-13,25H,4,6-11H2,(H,21,22,23)/q+1. The first-order valence-electron chi connectivity index (χ1n) is 9.44. The van der Waals surface area contributed by atoms with Gasteiger partial charge in [0.25, 0.3) is 4.90 Å². The molecule has 2 aromatic heterocycles. The highest BCUT2D eigenvalue weighted by molar-refractivity contribution is 7.92. The lowest BCUT2D eigenvalue weighted by Crippen LogP contribution is -2.63. The molecule has 1 unspecified atom stereocenters. The summed E-state index contributed by atoms with van der Waals surface area (Å²) in [6, 6.07) is 6.10. The van der Waals surface area contributed by atoms with Crippen molar-refractivity contribution in [3.63, 3.8) is 0 Å². The Morgan fingerprint density at radius 2 is 2.04 bits per heavy atom. The maximum absolute atomic E-state index is 10.4. The number of nitrogens with one attached hydrogen (secondary N) is 1. The number of hydrogen-bond acceptors (Lipinski definition) is 6. The third-order valence-corrected chi connectivity index (χ3v) is 7.88. The van der Waals surface area contributed by atoms with E-state index in [4.69, 9.17) is 9.97 Å². The molecule has 1 atom stereocenters. The number of anilines is 2. The van der Waals surface area contributed by atoms with E-state index in [0.717, 1.165) is 59.2 Å². The lowest BCUT2D eigenvalue weighted by molar-refractivity contribution is 0.00158. The average Bonchev–Trinajstić information content (AvgIpc) is 2.91. The molecule has 0 spiro atoms. The van der Waals surface area contributed by atoms with Crippen LogP contribution < -0.4 is 10.2 Å². The van der Waals surface area contributed by atoms with Crippen LogP contribution in [0.4, 0.5) is 11.8 Å². The second-order valence-electron chi connectivity index (χ2n) is 8.21. The van der Waals surface area contributed by atoms with E-state index >= 15 is 0 Å². The highest BCUT2D eigenvalue weighted by Crippen LogP contribution is 2.59. The Balaban J connectivity index is 1.27. The average molecular weight is 368 g/mol. The first-order valence-corrected chi connectivity index (χ1v) is 10.8. The molecule has 0 radical (unpaired) electrons. The van der Waals surface area contributed by atoms with Crippen molar-refractivity contribution in [1.29, 1.82) is 0 Å². The Labute approximate surface area is 155 Å². The fraction of sp³-hybridized carbons (Fsp3) is 0.526. The first kappa shape index (κ1) is 15.2. The lowest BCUT2D eigenvalue weighted by Gasteiger charge is -2.62. The second kappa shape index (κ2) is 5.33. The largest absolute Gasteiger partial charge is 0.360 e.